The first-order valence-corrected chi connectivity index (χ1v) is 5.41. The Morgan fingerprint density at radius 2 is 1.57 bits per heavy atom. The van der Waals surface area contributed by atoms with Crippen molar-refractivity contribution >= 4 is 0 Å². The Morgan fingerprint density at radius 1 is 1.00 bits per heavy atom. The normalized spacial score (nSPS) is 43.9. The van der Waals surface area contributed by atoms with Crippen molar-refractivity contribution in [3.63, 3.8) is 0 Å². The average molecular weight is 202 g/mol. The molecule has 1 aliphatic heterocycles. The van der Waals surface area contributed by atoms with Gasteiger partial charge in [0.05, 0.1) is 0 Å². The van der Waals surface area contributed by atoms with Gasteiger partial charge in [-0.1, -0.05) is 20.8 Å². The van der Waals surface area contributed by atoms with Crippen LogP contribution in [0.5, 0.6) is 0 Å². The van der Waals surface area contributed by atoms with Crippen molar-refractivity contribution in [2.75, 3.05) is 13.7 Å². The van der Waals surface area contributed by atoms with Gasteiger partial charge in [0.1, 0.15) is 0 Å². The van der Waals surface area contributed by atoms with Crippen LogP contribution in [0, 0.1) is 17.8 Å². The summed E-state index contributed by atoms with van der Waals surface area (Å²) in [6, 6.07) is 0. The highest BCUT2D eigenvalue weighted by molar-refractivity contribution is 4.78. The maximum absolute atomic E-state index is 5.73. The zero-order valence-corrected chi connectivity index (χ0v) is 9.82. The fraction of sp³-hybridized carbons (Fsp3) is 1.00. The van der Waals surface area contributed by atoms with E-state index in [2.05, 4.69) is 20.8 Å². The number of ether oxygens (including phenoxy) is 3. The Hall–Kier alpha value is -0.120. The lowest BCUT2D eigenvalue weighted by atomic mass is 9.82. The summed E-state index contributed by atoms with van der Waals surface area (Å²) in [5.41, 5.74) is 0. The van der Waals surface area contributed by atoms with E-state index in [0.29, 0.717) is 24.4 Å². The molecule has 1 rings (SSSR count). The van der Waals surface area contributed by atoms with Crippen molar-refractivity contribution in [3.8, 4) is 0 Å². The van der Waals surface area contributed by atoms with Gasteiger partial charge in [-0.15, -0.1) is 0 Å². The van der Waals surface area contributed by atoms with Gasteiger partial charge in [0, 0.05) is 25.6 Å². The molecule has 84 valence electrons. The van der Waals surface area contributed by atoms with E-state index in [1.807, 2.05) is 6.92 Å². The summed E-state index contributed by atoms with van der Waals surface area (Å²) in [5, 5.41) is 0. The molecule has 0 spiro atoms. The summed E-state index contributed by atoms with van der Waals surface area (Å²) in [4.78, 5) is 0. The van der Waals surface area contributed by atoms with Crippen LogP contribution in [-0.4, -0.2) is 26.3 Å². The van der Waals surface area contributed by atoms with Crippen LogP contribution in [0.15, 0.2) is 0 Å². The fourth-order valence-electron chi connectivity index (χ4n) is 1.98. The molecular weight excluding hydrogens is 180 g/mol. The first-order valence-electron chi connectivity index (χ1n) is 5.41. The summed E-state index contributed by atoms with van der Waals surface area (Å²) in [7, 11) is 1.69. The van der Waals surface area contributed by atoms with Crippen molar-refractivity contribution < 1.29 is 14.2 Å². The first-order chi connectivity index (χ1) is 6.61. The van der Waals surface area contributed by atoms with Crippen molar-refractivity contribution in [2.24, 2.45) is 17.8 Å². The number of hydrogen-bond donors (Lipinski definition) is 0. The lowest BCUT2D eigenvalue weighted by Crippen LogP contribution is -2.46. The Labute approximate surface area is 86.7 Å². The SMILES string of the molecule is CCOC1OC(OC)C(C)C(C)C1C. The molecule has 1 saturated heterocycles. The molecule has 0 saturated carbocycles. The minimum Gasteiger partial charge on any atom is -0.355 e. The van der Waals surface area contributed by atoms with Gasteiger partial charge in [0.25, 0.3) is 0 Å². The summed E-state index contributed by atoms with van der Waals surface area (Å²) in [6.45, 7) is 9.24. The molecule has 0 bridgehead atoms. The highest BCUT2D eigenvalue weighted by Crippen LogP contribution is 2.35. The molecular formula is C11H22O3. The second-order valence-corrected chi connectivity index (χ2v) is 4.14. The average Bonchev–Trinajstić information content (AvgIpc) is 2.19. The van der Waals surface area contributed by atoms with Crippen LogP contribution in [-0.2, 0) is 14.2 Å². The molecule has 1 fully saturated rings. The Balaban J connectivity index is 2.63. The van der Waals surface area contributed by atoms with Crippen LogP contribution in [0.3, 0.4) is 0 Å². The van der Waals surface area contributed by atoms with Crippen LogP contribution >= 0.6 is 0 Å². The van der Waals surface area contributed by atoms with Gasteiger partial charge in [-0.25, -0.2) is 0 Å². The molecule has 0 amide bonds. The van der Waals surface area contributed by atoms with Gasteiger partial charge in [0.2, 0.25) is 0 Å². The molecule has 3 heteroatoms. The Morgan fingerprint density at radius 3 is 2.07 bits per heavy atom. The predicted molar refractivity (Wildman–Crippen MR) is 54.8 cm³/mol. The Kier molecular flexibility index (Phi) is 4.35. The highest BCUT2D eigenvalue weighted by atomic mass is 16.8. The van der Waals surface area contributed by atoms with Crippen molar-refractivity contribution in [1.29, 1.82) is 0 Å². The molecule has 0 aliphatic carbocycles. The van der Waals surface area contributed by atoms with Crippen LogP contribution in [0.2, 0.25) is 0 Å². The van der Waals surface area contributed by atoms with Gasteiger partial charge >= 0.3 is 0 Å². The summed E-state index contributed by atoms with van der Waals surface area (Å²) in [6.07, 6.45) is -0.242. The van der Waals surface area contributed by atoms with Gasteiger partial charge in [-0.3, -0.25) is 0 Å². The molecule has 3 nitrogen and oxygen atoms in total. The van der Waals surface area contributed by atoms with Gasteiger partial charge in [-0.05, 0) is 12.8 Å². The standard InChI is InChI=1S/C11H22O3/c1-6-13-11-9(4)7(2)8(3)10(12-5)14-11/h7-11H,6H2,1-5H3. The van der Waals surface area contributed by atoms with E-state index in [1.54, 1.807) is 7.11 Å². The third-order valence-electron chi connectivity index (χ3n) is 3.35. The summed E-state index contributed by atoms with van der Waals surface area (Å²) in [5.74, 6) is 1.41. The number of methoxy groups -OCH3 is 1. The minimum absolute atomic E-state index is 0.115. The number of rotatable bonds is 3. The van der Waals surface area contributed by atoms with Crippen molar-refractivity contribution in [2.45, 2.75) is 40.3 Å². The maximum Gasteiger partial charge on any atom is 0.163 e. The molecule has 5 unspecified atom stereocenters. The van der Waals surface area contributed by atoms with Crippen LogP contribution in [0.4, 0.5) is 0 Å². The van der Waals surface area contributed by atoms with Crippen molar-refractivity contribution in [3.05, 3.63) is 0 Å². The molecule has 0 aromatic carbocycles. The van der Waals surface area contributed by atoms with Gasteiger partial charge in [0.15, 0.2) is 12.6 Å². The van der Waals surface area contributed by atoms with E-state index in [4.69, 9.17) is 14.2 Å². The molecule has 0 aromatic heterocycles. The van der Waals surface area contributed by atoms with E-state index in [0.717, 1.165) is 0 Å². The third-order valence-corrected chi connectivity index (χ3v) is 3.35. The minimum atomic E-state index is -0.127. The molecule has 0 radical (unpaired) electrons. The van der Waals surface area contributed by atoms with Crippen LogP contribution < -0.4 is 0 Å². The molecule has 14 heavy (non-hydrogen) atoms. The molecule has 0 N–H and O–H groups in total. The predicted octanol–water partition coefficient (Wildman–Crippen LogP) is 2.26. The third kappa shape index (κ3) is 2.27. The van der Waals surface area contributed by atoms with E-state index in [-0.39, 0.29) is 12.6 Å². The van der Waals surface area contributed by atoms with Gasteiger partial charge < -0.3 is 14.2 Å². The topological polar surface area (TPSA) is 27.7 Å². The van der Waals surface area contributed by atoms with Crippen molar-refractivity contribution in [1.82, 2.24) is 0 Å². The van der Waals surface area contributed by atoms with E-state index in [1.165, 1.54) is 0 Å². The number of hydrogen-bond acceptors (Lipinski definition) is 3. The van der Waals surface area contributed by atoms with Gasteiger partial charge in [-0.2, -0.15) is 0 Å². The monoisotopic (exact) mass is 202 g/mol. The quantitative estimate of drug-likeness (QED) is 0.702. The van der Waals surface area contributed by atoms with Crippen LogP contribution in [0.25, 0.3) is 0 Å². The van der Waals surface area contributed by atoms with Crippen LogP contribution in [0.1, 0.15) is 27.7 Å². The zero-order chi connectivity index (χ0) is 10.7. The molecule has 0 aromatic rings. The lowest BCUT2D eigenvalue weighted by molar-refractivity contribution is -0.307. The molecule has 1 aliphatic rings. The second-order valence-electron chi connectivity index (χ2n) is 4.14. The molecule has 1 heterocycles. The molecule has 5 atom stereocenters. The summed E-state index contributed by atoms with van der Waals surface area (Å²) >= 11 is 0. The smallest absolute Gasteiger partial charge is 0.163 e. The first kappa shape index (κ1) is 12.0. The van der Waals surface area contributed by atoms with E-state index < -0.39 is 0 Å². The fourth-order valence-corrected chi connectivity index (χ4v) is 1.98. The largest absolute Gasteiger partial charge is 0.355 e. The summed E-state index contributed by atoms with van der Waals surface area (Å²) < 4.78 is 16.6. The Bertz CT molecular complexity index is 168. The van der Waals surface area contributed by atoms with E-state index >= 15 is 0 Å². The second kappa shape index (κ2) is 5.10. The zero-order valence-electron chi connectivity index (χ0n) is 9.82. The van der Waals surface area contributed by atoms with E-state index in [9.17, 15) is 0 Å². The lowest BCUT2D eigenvalue weighted by Gasteiger charge is -2.42. The maximum atomic E-state index is 5.73. The highest BCUT2D eigenvalue weighted by Gasteiger charge is 2.39.